The highest BCUT2D eigenvalue weighted by molar-refractivity contribution is 5.85. The van der Waals surface area contributed by atoms with E-state index in [1.165, 1.54) is 4.90 Å². The highest BCUT2D eigenvalue weighted by Crippen LogP contribution is 2.18. The number of carbonyl (C=O) groups excluding carboxylic acids is 2. The van der Waals surface area contributed by atoms with Crippen LogP contribution in [0, 0.1) is 11.3 Å². The Morgan fingerprint density at radius 1 is 1.10 bits per heavy atom. The van der Waals surface area contributed by atoms with E-state index < -0.39 is 24.1 Å². The minimum absolute atomic E-state index is 0.128. The number of primary amides is 1. The number of nitrogens with two attached hydrogens (primary N) is 1. The van der Waals surface area contributed by atoms with Gasteiger partial charge in [-0.2, -0.15) is 5.26 Å². The van der Waals surface area contributed by atoms with Gasteiger partial charge >= 0.3 is 6.09 Å². The summed E-state index contributed by atoms with van der Waals surface area (Å²) in [5, 5.41) is 8.87. The van der Waals surface area contributed by atoms with E-state index in [2.05, 4.69) is 0 Å². The largest absolute Gasteiger partial charge is 0.491 e. The van der Waals surface area contributed by atoms with Crippen molar-refractivity contribution in [2.24, 2.45) is 5.73 Å². The second-order valence-corrected chi connectivity index (χ2v) is 6.59. The molecule has 0 bridgehead atoms. The van der Waals surface area contributed by atoms with Crippen LogP contribution < -0.4 is 15.2 Å². The van der Waals surface area contributed by atoms with Crippen molar-refractivity contribution in [3.63, 3.8) is 0 Å². The van der Waals surface area contributed by atoms with E-state index in [1.54, 1.807) is 55.5 Å². The number of para-hydroxylation sites is 1. The molecular formula is C22H25N3O4. The lowest BCUT2D eigenvalue weighted by atomic mass is 10.1. The molecule has 2 aromatic rings. The lowest BCUT2D eigenvalue weighted by molar-refractivity contribution is -0.123. The molecule has 0 radical (unpaired) electrons. The minimum atomic E-state index is -0.809. The van der Waals surface area contributed by atoms with Crippen molar-refractivity contribution in [2.75, 3.05) is 6.61 Å². The summed E-state index contributed by atoms with van der Waals surface area (Å²) in [7, 11) is 0. The van der Waals surface area contributed by atoms with Crippen LogP contribution in [0.15, 0.2) is 54.6 Å². The standard InChI is InChI=1S/C22H25N3O4/c1-3-7-20(21(24)26)25(22(27)29-19-8-5-4-6-9-19)16(2)15-28-18-12-10-17(14-23)11-13-18/h4-6,8-13,16,20H,3,7,15H2,1-2H3,(H2,24,26)/t16?,20-/m0/s1. The van der Waals surface area contributed by atoms with Crippen molar-refractivity contribution in [2.45, 2.75) is 38.8 Å². The smallest absolute Gasteiger partial charge is 0.416 e. The topological polar surface area (TPSA) is 106 Å². The molecule has 0 spiro atoms. The van der Waals surface area contributed by atoms with Crippen LogP contribution in [0.5, 0.6) is 11.5 Å². The fraction of sp³-hybridized carbons (Fsp3) is 0.318. The number of ether oxygens (including phenoxy) is 2. The zero-order valence-electron chi connectivity index (χ0n) is 16.6. The number of nitriles is 1. The highest BCUT2D eigenvalue weighted by Gasteiger charge is 2.33. The number of hydrogen-bond acceptors (Lipinski definition) is 5. The fourth-order valence-corrected chi connectivity index (χ4v) is 2.87. The molecule has 2 N–H and O–H groups in total. The van der Waals surface area contributed by atoms with Crippen molar-refractivity contribution in [3.05, 3.63) is 60.2 Å². The molecule has 0 aliphatic carbocycles. The zero-order valence-corrected chi connectivity index (χ0v) is 16.6. The van der Waals surface area contributed by atoms with Gasteiger partial charge in [0.1, 0.15) is 24.1 Å². The maximum absolute atomic E-state index is 12.9. The number of amides is 2. The Hall–Kier alpha value is -3.53. The average molecular weight is 395 g/mol. The number of rotatable bonds is 9. The quantitative estimate of drug-likeness (QED) is 0.700. The lowest BCUT2D eigenvalue weighted by Gasteiger charge is -2.33. The Morgan fingerprint density at radius 2 is 1.76 bits per heavy atom. The van der Waals surface area contributed by atoms with Gasteiger partial charge in [0.25, 0.3) is 0 Å². The van der Waals surface area contributed by atoms with E-state index in [0.29, 0.717) is 29.9 Å². The number of hydrogen-bond donors (Lipinski definition) is 1. The second kappa shape index (κ2) is 10.7. The molecule has 7 heteroatoms. The molecule has 0 aliphatic rings. The minimum Gasteiger partial charge on any atom is -0.491 e. The van der Waals surface area contributed by atoms with E-state index >= 15 is 0 Å². The van der Waals surface area contributed by atoms with E-state index in [1.807, 2.05) is 19.1 Å². The molecule has 152 valence electrons. The third-order valence-electron chi connectivity index (χ3n) is 4.33. The Morgan fingerprint density at radius 3 is 2.31 bits per heavy atom. The summed E-state index contributed by atoms with van der Waals surface area (Å²) in [4.78, 5) is 26.2. The summed E-state index contributed by atoms with van der Waals surface area (Å²) in [5.41, 5.74) is 6.10. The Labute approximate surface area is 170 Å². The van der Waals surface area contributed by atoms with Gasteiger partial charge in [0.05, 0.1) is 17.7 Å². The van der Waals surface area contributed by atoms with Crippen molar-refractivity contribution in [1.82, 2.24) is 4.90 Å². The summed E-state index contributed by atoms with van der Waals surface area (Å²) < 4.78 is 11.2. The van der Waals surface area contributed by atoms with E-state index in [4.69, 9.17) is 20.5 Å². The van der Waals surface area contributed by atoms with Crippen molar-refractivity contribution in [3.8, 4) is 17.6 Å². The summed E-state index contributed by atoms with van der Waals surface area (Å²) in [5.74, 6) is 0.336. The monoisotopic (exact) mass is 395 g/mol. The van der Waals surface area contributed by atoms with Gasteiger partial charge < -0.3 is 15.2 Å². The van der Waals surface area contributed by atoms with Gasteiger partial charge in [0.2, 0.25) is 5.91 Å². The summed E-state index contributed by atoms with van der Waals surface area (Å²) in [6, 6.07) is 16.0. The summed E-state index contributed by atoms with van der Waals surface area (Å²) in [6.45, 7) is 3.80. The molecule has 2 amide bonds. The predicted molar refractivity (Wildman–Crippen MR) is 108 cm³/mol. The van der Waals surface area contributed by atoms with Crippen molar-refractivity contribution >= 4 is 12.0 Å². The molecule has 2 aromatic carbocycles. The Bertz CT molecular complexity index is 847. The number of nitrogens with zero attached hydrogens (tertiary/aromatic N) is 2. The number of carbonyl (C=O) groups is 2. The third kappa shape index (κ3) is 6.25. The first-order chi connectivity index (χ1) is 14.0. The molecule has 0 saturated carbocycles. The van der Waals surface area contributed by atoms with E-state index in [0.717, 1.165) is 0 Å². The van der Waals surface area contributed by atoms with Gasteiger partial charge in [0, 0.05) is 0 Å². The SMILES string of the molecule is CCC[C@@H](C(N)=O)N(C(=O)Oc1ccccc1)C(C)COc1ccc(C#N)cc1. The molecule has 0 aromatic heterocycles. The van der Waals surface area contributed by atoms with Crippen LogP contribution >= 0.6 is 0 Å². The van der Waals surface area contributed by atoms with Gasteiger partial charge in [-0.3, -0.25) is 9.69 Å². The van der Waals surface area contributed by atoms with Crippen LogP contribution in [0.1, 0.15) is 32.3 Å². The first-order valence-corrected chi connectivity index (χ1v) is 9.43. The predicted octanol–water partition coefficient (Wildman–Crippen LogP) is 3.48. The average Bonchev–Trinajstić information content (AvgIpc) is 2.72. The molecule has 0 saturated heterocycles. The summed E-state index contributed by atoms with van der Waals surface area (Å²) >= 11 is 0. The fourth-order valence-electron chi connectivity index (χ4n) is 2.87. The van der Waals surface area contributed by atoms with Crippen LogP contribution in [0.2, 0.25) is 0 Å². The van der Waals surface area contributed by atoms with Crippen LogP contribution in [-0.4, -0.2) is 35.6 Å². The van der Waals surface area contributed by atoms with Crippen LogP contribution in [0.4, 0.5) is 4.79 Å². The highest BCUT2D eigenvalue weighted by atomic mass is 16.6. The van der Waals surface area contributed by atoms with Gasteiger partial charge in [-0.05, 0) is 49.7 Å². The normalized spacial score (nSPS) is 12.3. The van der Waals surface area contributed by atoms with Gasteiger partial charge in [0.15, 0.2) is 0 Å². The molecule has 7 nitrogen and oxygen atoms in total. The molecule has 29 heavy (non-hydrogen) atoms. The van der Waals surface area contributed by atoms with Gasteiger partial charge in [-0.25, -0.2) is 4.79 Å². The molecule has 0 fully saturated rings. The summed E-state index contributed by atoms with van der Waals surface area (Å²) in [6.07, 6.45) is 0.427. The maximum atomic E-state index is 12.9. The first-order valence-electron chi connectivity index (χ1n) is 9.43. The zero-order chi connectivity index (χ0) is 21.2. The van der Waals surface area contributed by atoms with Crippen molar-refractivity contribution < 1.29 is 19.1 Å². The van der Waals surface area contributed by atoms with Crippen molar-refractivity contribution in [1.29, 1.82) is 5.26 Å². The second-order valence-electron chi connectivity index (χ2n) is 6.59. The maximum Gasteiger partial charge on any atom is 0.416 e. The molecule has 0 aliphatic heterocycles. The van der Waals surface area contributed by atoms with E-state index in [-0.39, 0.29) is 6.61 Å². The van der Waals surface area contributed by atoms with Crippen LogP contribution in [0.25, 0.3) is 0 Å². The number of benzene rings is 2. The molecule has 0 heterocycles. The Balaban J connectivity index is 2.16. The van der Waals surface area contributed by atoms with Gasteiger partial charge in [-0.1, -0.05) is 31.5 Å². The molecule has 2 rings (SSSR count). The molecular weight excluding hydrogens is 370 g/mol. The first kappa shape index (κ1) is 21.8. The lowest BCUT2D eigenvalue weighted by Crippen LogP contribution is -2.54. The Kier molecular flexibility index (Phi) is 8.04. The van der Waals surface area contributed by atoms with Crippen LogP contribution in [-0.2, 0) is 4.79 Å². The molecule has 2 atom stereocenters. The van der Waals surface area contributed by atoms with Crippen LogP contribution in [0.3, 0.4) is 0 Å². The van der Waals surface area contributed by atoms with Gasteiger partial charge in [-0.15, -0.1) is 0 Å². The van der Waals surface area contributed by atoms with E-state index in [9.17, 15) is 9.59 Å². The third-order valence-corrected chi connectivity index (χ3v) is 4.33. The molecule has 1 unspecified atom stereocenters.